The van der Waals surface area contributed by atoms with Gasteiger partial charge in [0, 0.05) is 20.1 Å². The van der Waals surface area contributed by atoms with E-state index < -0.39 is 5.97 Å². The molecule has 0 rings (SSSR count). The van der Waals surface area contributed by atoms with E-state index in [4.69, 9.17) is 14.6 Å². The van der Waals surface area contributed by atoms with E-state index in [0.29, 0.717) is 13.2 Å². The zero-order chi connectivity index (χ0) is 12.1. The molecule has 0 fully saturated rings. The molecule has 0 spiro atoms. The van der Waals surface area contributed by atoms with Gasteiger partial charge in [0.1, 0.15) is 0 Å². The average Bonchev–Trinajstić information content (AvgIpc) is 2.25. The van der Waals surface area contributed by atoms with Crippen molar-refractivity contribution in [2.75, 3.05) is 40.0 Å². The van der Waals surface area contributed by atoms with Crippen LogP contribution in [0.3, 0.4) is 0 Å². The number of unbranched alkanes of at least 4 members (excludes halogenated alkanes) is 1. The molecule has 0 aliphatic carbocycles. The molecule has 16 heavy (non-hydrogen) atoms. The molecular formula is C11H23NO4. The minimum Gasteiger partial charge on any atom is -0.481 e. The maximum Gasteiger partial charge on any atom is 0.303 e. The van der Waals surface area contributed by atoms with E-state index in [-0.39, 0.29) is 6.42 Å². The lowest BCUT2D eigenvalue weighted by atomic mass is 10.2. The summed E-state index contributed by atoms with van der Waals surface area (Å²) in [5.74, 6) is -0.716. The van der Waals surface area contributed by atoms with E-state index in [2.05, 4.69) is 5.32 Å². The van der Waals surface area contributed by atoms with Crippen LogP contribution in [-0.4, -0.2) is 51.1 Å². The Kier molecular flexibility index (Phi) is 11.9. The summed E-state index contributed by atoms with van der Waals surface area (Å²) in [4.78, 5) is 10.2. The molecule has 0 atom stereocenters. The molecule has 0 amide bonds. The number of hydrogen-bond acceptors (Lipinski definition) is 4. The van der Waals surface area contributed by atoms with Crippen LogP contribution in [0.4, 0.5) is 0 Å². The highest BCUT2D eigenvalue weighted by Gasteiger charge is 1.95. The quantitative estimate of drug-likeness (QED) is 0.490. The van der Waals surface area contributed by atoms with E-state index in [9.17, 15) is 4.79 Å². The lowest BCUT2D eigenvalue weighted by Gasteiger charge is -2.05. The first kappa shape index (κ1) is 15.3. The molecule has 0 radical (unpaired) electrons. The van der Waals surface area contributed by atoms with Gasteiger partial charge in [-0.3, -0.25) is 4.79 Å². The highest BCUT2D eigenvalue weighted by atomic mass is 16.5. The summed E-state index contributed by atoms with van der Waals surface area (Å²) in [6, 6.07) is 0. The third kappa shape index (κ3) is 13.4. The zero-order valence-corrected chi connectivity index (χ0v) is 10.0. The molecule has 5 nitrogen and oxygen atoms in total. The topological polar surface area (TPSA) is 67.8 Å². The van der Waals surface area contributed by atoms with Gasteiger partial charge in [-0.1, -0.05) is 0 Å². The van der Waals surface area contributed by atoms with Gasteiger partial charge in [0.2, 0.25) is 0 Å². The van der Waals surface area contributed by atoms with Gasteiger partial charge in [-0.05, 0) is 32.4 Å². The summed E-state index contributed by atoms with van der Waals surface area (Å²) in [6.07, 6.45) is 2.90. The fraction of sp³-hybridized carbons (Fsp3) is 0.909. The predicted octanol–water partition coefficient (Wildman–Crippen LogP) is 0.884. The molecule has 96 valence electrons. The molecule has 2 N–H and O–H groups in total. The van der Waals surface area contributed by atoms with Crippen molar-refractivity contribution in [3.05, 3.63) is 0 Å². The molecule has 5 heteroatoms. The Morgan fingerprint density at radius 3 is 2.56 bits per heavy atom. The molecule has 0 aliphatic heterocycles. The summed E-state index contributed by atoms with van der Waals surface area (Å²) in [6.45, 7) is 3.83. The average molecular weight is 233 g/mol. The Bertz CT molecular complexity index is 164. The molecule has 0 saturated carbocycles. The molecule has 0 bridgehead atoms. The smallest absolute Gasteiger partial charge is 0.303 e. The third-order valence-electron chi connectivity index (χ3n) is 2.07. The van der Waals surface area contributed by atoms with E-state index >= 15 is 0 Å². The Hall–Kier alpha value is -0.650. The third-order valence-corrected chi connectivity index (χ3v) is 2.07. The number of carbonyl (C=O) groups is 1. The summed E-state index contributed by atoms with van der Waals surface area (Å²) < 4.78 is 10.1. The molecule has 0 aromatic heterocycles. The Morgan fingerprint density at radius 2 is 1.88 bits per heavy atom. The molecule has 0 aliphatic rings. The van der Waals surface area contributed by atoms with Gasteiger partial charge in [-0.25, -0.2) is 0 Å². The standard InChI is InChI=1S/C11H23NO4/c1-15-9-10-16-8-4-7-12-6-3-2-5-11(13)14/h12H,2-10H2,1H3,(H,13,14). The van der Waals surface area contributed by atoms with E-state index in [0.717, 1.165) is 39.0 Å². The number of ether oxygens (including phenoxy) is 2. The summed E-state index contributed by atoms with van der Waals surface area (Å²) in [5.41, 5.74) is 0. The normalized spacial score (nSPS) is 10.6. The molecule has 0 aromatic carbocycles. The van der Waals surface area contributed by atoms with Crippen LogP contribution in [0, 0.1) is 0 Å². The molecule has 0 aromatic rings. The van der Waals surface area contributed by atoms with Gasteiger partial charge in [0.15, 0.2) is 0 Å². The SMILES string of the molecule is COCCOCCCNCCCCC(=O)O. The first-order chi connectivity index (χ1) is 7.77. The van der Waals surface area contributed by atoms with Crippen molar-refractivity contribution in [1.29, 1.82) is 0 Å². The van der Waals surface area contributed by atoms with Crippen LogP contribution in [0.1, 0.15) is 25.7 Å². The minimum absolute atomic E-state index is 0.266. The van der Waals surface area contributed by atoms with Crippen LogP contribution in [-0.2, 0) is 14.3 Å². The van der Waals surface area contributed by atoms with Crippen molar-refractivity contribution in [2.45, 2.75) is 25.7 Å². The van der Waals surface area contributed by atoms with Crippen LogP contribution >= 0.6 is 0 Å². The van der Waals surface area contributed by atoms with Gasteiger partial charge in [0.05, 0.1) is 13.2 Å². The van der Waals surface area contributed by atoms with Crippen LogP contribution in [0.25, 0.3) is 0 Å². The van der Waals surface area contributed by atoms with Gasteiger partial charge in [-0.2, -0.15) is 0 Å². The monoisotopic (exact) mass is 233 g/mol. The lowest BCUT2D eigenvalue weighted by Crippen LogP contribution is -2.18. The Morgan fingerprint density at radius 1 is 1.12 bits per heavy atom. The number of carboxylic acids is 1. The number of hydrogen-bond donors (Lipinski definition) is 2. The second-order valence-electron chi connectivity index (χ2n) is 3.56. The van der Waals surface area contributed by atoms with Crippen molar-refractivity contribution >= 4 is 5.97 Å². The van der Waals surface area contributed by atoms with Crippen molar-refractivity contribution in [2.24, 2.45) is 0 Å². The van der Waals surface area contributed by atoms with Crippen molar-refractivity contribution in [1.82, 2.24) is 5.32 Å². The number of aliphatic carboxylic acids is 1. The van der Waals surface area contributed by atoms with E-state index in [1.807, 2.05) is 0 Å². The fourth-order valence-electron chi connectivity index (χ4n) is 1.19. The molecule has 0 unspecified atom stereocenters. The number of rotatable bonds is 12. The minimum atomic E-state index is -0.716. The maximum absolute atomic E-state index is 10.2. The largest absolute Gasteiger partial charge is 0.481 e. The van der Waals surface area contributed by atoms with Crippen LogP contribution in [0.2, 0.25) is 0 Å². The molecular weight excluding hydrogens is 210 g/mol. The first-order valence-electron chi connectivity index (χ1n) is 5.76. The number of carboxylic acid groups (broad SMARTS) is 1. The fourth-order valence-corrected chi connectivity index (χ4v) is 1.19. The second kappa shape index (κ2) is 12.4. The summed E-state index contributed by atoms with van der Waals surface area (Å²) in [7, 11) is 1.65. The molecule has 0 saturated heterocycles. The van der Waals surface area contributed by atoms with Crippen LogP contribution in [0.15, 0.2) is 0 Å². The van der Waals surface area contributed by atoms with E-state index in [1.54, 1.807) is 7.11 Å². The van der Waals surface area contributed by atoms with Crippen molar-refractivity contribution in [3.8, 4) is 0 Å². The zero-order valence-electron chi connectivity index (χ0n) is 10.0. The summed E-state index contributed by atoms with van der Waals surface area (Å²) in [5, 5.41) is 11.7. The lowest BCUT2D eigenvalue weighted by molar-refractivity contribution is -0.137. The van der Waals surface area contributed by atoms with E-state index in [1.165, 1.54) is 0 Å². The maximum atomic E-state index is 10.2. The highest BCUT2D eigenvalue weighted by Crippen LogP contribution is 1.93. The highest BCUT2D eigenvalue weighted by molar-refractivity contribution is 5.66. The number of methoxy groups -OCH3 is 1. The van der Waals surface area contributed by atoms with Gasteiger partial charge < -0.3 is 19.9 Å². The molecule has 0 heterocycles. The van der Waals surface area contributed by atoms with Crippen LogP contribution in [0.5, 0.6) is 0 Å². The number of nitrogens with one attached hydrogen (secondary N) is 1. The van der Waals surface area contributed by atoms with Crippen LogP contribution < -0.4 is 5.32 Å². The predicted molar refractivity (Wildman–Crippen MR) is 61.7 cm³/mol. The Balaban J connectivity index is 2.90. The van der Waals surface area contributed by atoms with Crippen molar-refractivity contribution < 1.29 is 19.4 Å². The van der Waals surface area contributed by atoms with Crippen molar-refractivity contribution in [3.63, 3.8) is 0 Å². The second-order valence-corrected chi connectivity index (χ2v) is 3.56. The van der Waals surface area contributed by atoms with Gasteiger partial charge in [-0.15, -0.1) is 0 Å². The Labute approximate surface area is 97.1 Å². The van der Waals surface area contributed by atoms with Gasteiger partial charge >= 0.3 is 5.97 Å². The summed E-state index contributed by atoms with van der Waals surface area (Å²) >= 11 is 0. The van der Waals surface area contributed by atoms with Gasteiger partial charge in [0.25, 0.3) is 0 Å². The first-order valence-corrected chi connectivity index (χ1v) is 5.76.